The fraction of sp³-hybridized carbons (Fsp3) is 0.150. The molecule has 0 saturated carbocycles. The summed E-state index contributed by atoms with van der Waals surface area (Å²) in [5, 5.41) is 0.654. The van der Waals surface area contributed by atoms with Gasteiger partial charge in [0, 0.05) is 16.7 Å². The lowest BCUT2D eigenvalue weighted by molar-refractivity contribution is -0.143. The van der Waals surface area contributed by atoms with Crippen molar-refractivity contribution in [3.63, 3.8) is 0 Å². The number of methoxy groups -OCH3 is 2. The van der Waals surface area contributed by atoms with Gasteiger partial charge in [0.2, 0.25) is 5.30 Å². The molecule has 27 heavy (non-hydrogen) atoms. The van der Waals surface area contributed by atoms with Crippen LogP contribution in [0.15, 0.2) is 60.7 Å². The molecule has 1 heterocycles. The minimum atomic E-state index is -1.94. The average molecular weight is 385 g/mol. The van der Waals surface area contributed by atoms with Crippen molar-refractivity contribution in [2.24, 2.45) is 0 Å². The van der Waals surface area contributed by atoms with E-state index in [2.05, 4.69) is 16.1 Å². The van der Waals surface area contributed by atoms with Gasteiger partial charge in [-0.3, -0.25) is 4.79 Å². The number of rotatable bonds is 3. The second-order valence-electron chi connectivity index (χ2n) is 5.51. The van der Waals surface area contributed by atoms with E-state index < -0.39 is 19.7 Å². The van der Waals surface area contributed by atoms with Gasteiger partial charge in [-0.05, 0) is 18.2 Å². The maximum absolute atomic E-state index is 12.0. The predicted molar refractivity (Wildman–Crippen MR) is 101 cm³/mol. The molecular formula is C20H18O6P+. The molecule has 0 saturated heterocycles. The van der Waals surface area contributed by atoms with Crippen molar-refractivity contribution in [2.45, 2.75) is 6.42 Å². The number of carbonyl (C=O) groups excluding carboxylic acids is 3. The molecule has 0 bridgehead atoms. The fourth-order valence-electron chi connectivity index (χ4n) is 2.46. The molecule has 0 aliphatic carbocycles. The summed E-state index contributed by atoms with van der Waals surface area (Å²) < 4.78 is 20.6. The van der Waals surface area contributed by atoms with Gasteiger partial charge in [-0.25, -0.2) is 9.59 Å². The zero-order valence-corrected chi connectivity index (χ0v) is 15.8. The number of hydrogen-bond donors (Lipinski definition) is 0. The average Bonchev–Trinajstić information content (AvgIpc) is 2.71. The normalized spacial score (nSPS) is 12.7. The van der Waals surface area contributed by atoms with Crippen LogP contribution in [0.1, 0.15) is 16.8 Å². The van der Waals surface area contributed by atoms with Gasteiger partial charge in [0.05, 0.1) is 26.2 Å². The SMILES string of the molecule is C=C(CC(=O)OC)C(=O)OC.O=C1c2ccccc2-c2ccccc2[P+]1=O. The third kappa shape index (κ3) is 4.54. The lowest BCUT2D eigenvalue weighted by atomic mass is 10.00. The maximum atomic E-state index is 12.0. The topological polar surface area (TPSA) is 86.7 Å². The van der Waals surface area contributed by atoms with Crippen LogP contribution in [0.3, 0.4) is 0 Å². The first-order valence-electron chi connectivity index (χ1n) is 7.93. The van der Waals surface area contributed by atoms with E-state index in [0.717, 1.165) is 11.1 Å². The molecule has 0 aromatic heterocycles. The molecule has 3 rings (SSSR count). The molecule has 1 unspecified atom stereocenters. The highest BCUT2D eigenvalue weighted by Gasteiger charge is 2.41. The summed E-state index contributed by atoms with van der Waals surface area (Å²) in [5.41, 5.74) is 2.21. The van der Waals surface area contributed by atoms with Crippen molar-refractivity contribution in [3.05, 3.63) is 66.2 Å². The molecule has 0 amide bonds. The summed E-state index contributed by atoms with van der Waals surface area (Å²) >= 11 is 0. The van der Waals surface area contributed by atoms with Gasteiger partial charge >= 0.3 is 25.3 Å². The van der Waals surface area contributed by atoms with Crippen molar-refractivity contribution in [2.75, 3.05) is 14.2 Å². The Morgan fingerprint density at radius 1 is 0.926 bits per heavy atom. The van der Waals surface area contributed by atoms with Gasteiger partial charge in [0.25, 0.3) is 0 Å². The van der Waals surface area contributed by atoms with Gasteiger partial charge in [0.15, 0.2) is 0 Å². The van der Waals surface area contributed by atoms with Crippen LogP contribution in [-0.4, -0.2) is 31.7 Å². The Hall–Kier alpha value is -3.11. The summed E-state index contributed by atoms with van der Waals surface area (Å²) in [4.78, 5) is 33.1. The van der Waals surface area contributed by atoms with Crippen LogP contribution < -0.4 is 5.30 Å². The minimum Gasteiger partial charge on any atom is -0.469 e. The van der Waals surface area contributed by atoms with E-state index in [1.54, 1.807) is 18.2 Å². The Morgan fingerprint density at radius 2 is 1.48 bits per heavy atom. The Bertz CT molecular complexity index is 876. The zero-order chi connectivity index (χ0) is 20.0. The third-order valence-electron chi connectivity index (χ3n) is 3.81. The van der Waals surface area contributed by atoms with Crippen molar-refractivity contribution >= 4 is 30.6 Å². The summed E-state index contributed by atoms with van der Waals surface area (Å²) in [6.07, 6.45) is -0.122. The predicted octanol–water partition coefficient (Wildman–Crippen LogP) is 3.24. The van der Waals surface area contributed by atoms with Gasteiger partial charge in [-0.15, -0.1) is 0 Å². The van der Waals surface area contributed by atoms with Crippen molar-refractivity contribution in [3.8, 4) is 11.1 Å². The monoisotopic (exact) mass is 385 g/mol. The first-order valence-corrected chi connectivity index (χ1v) is 9.19. The summed E-state index contributed by atoms with van der Waals surface area (Å²) in [7, 11) is 0.526. The maximum Gasteiger partial charge on any atom is 0.459 e. The summed E-state index contributed by atoms with van der Waals surface area (Å²) in [5.74, 6) is -1.09. The van der Waals surface area contributed by atoms with Crippen LogP contribution in [0.5, 0.6) is 0 Å². The van der Waals surface area contributed by atoms with Crippen LogP contribution in [0.25, 0.3) is 11.1 Å². The summed E-state index contributed by atoms with van der Waals surface area (Å²) in [6.45, 7) is 3.34. The molecule has 1 atom stereocenters. The molecule has 0 N–H and O–H groups in total. The molecule has 2 aromatic rings. The lowest BCUT2D eigenvalue weighted by Gasteiger charge is -2.09. The molecule has 6 nitrogen and oxygen atoms in total. The fourth-order valence-corrected chi connectivity index (χ4v) is 3.73. The quantitative estimate of drug-likeness (QED) is 0.458. The van der Waals surface area contributed by atoms with E-state index in [0.29, 0.717) is 10.9 Å². The van der Waals surface area contributed by atoms with Crippen LogP contribution in [-0.2, 0) is 23.6 Å². The second-order valence-corrected chi connectivity index (χ2v) is 6.99. The number of benzene rings is 2. The summed E-state index contributed by atoms with van der Waals surface area (Å²) in [6, 6.07) is 14.7. The van der Waals surface area contributed by atoms with Gasteiger partial charge in [-0.2, -0.15) is 0 Å². The molecular weight excluding hydrogens is 367 g/mol. The molecule has 0 fully saturated rings. The molecule has 7 heteroatoms. The van der Waals surface area contributed by atoms with E-state index >= 15 is 0 Å². The van der Waals surface area contributed by atoms with E-state index in [9.17, 15) is 18.9 Å². The molecule has 138 valence electrons. The first-order chi connectivity index (χ1) is 12.9. The zero-order valence-electron chi connectivity index (χ0n) is 14.9. The second kappa shape index (κ2) is 9.01. The largest absolute Gasteiger partial charge is 0.469 e. The minimum absolute atomic E-state index is 0.0966. The molecule has 1 aliphatic heterocycles. The Labute approximate surface area is 157 Å². The first kappa shape index (κ1) is 20.2. The number of ether oxygens (including phenoxy) is 2. The van der Waals surface area contributed by atoms with E-state index in [4.69, 9.17) is 0 Å². The van der Waals surface area contributed by atoms with E-state index in [-0.39, 0.29) is 17.5 Å². The highest BCUT2D eigenvalue weighted by Crippen LogP contribution is 2.39. The van der Waals surface area contributed by atoms with E-state index in [1.807, 2.05) is 30.3 Å². The Kier molecular flexibility index (Phi) is 6.74. The van der Waals surface area contributed by atoms with Gasteiger partial charge in [-0.1, -0.05) is 41.5 Å². The smallest absolute Gasteiger partial charge is 0.459 e. The van der Waals surface area contributed by atoms with Gasteiger partial charge < -0.3 is 9.47 Å². The van der Waals surface area contributed by atoms with Crippen LogP contribution in [0.4, 0.5) is 0 Å². The Morgan fingerprint density at radius 3 is 2.07 bits per heavy atom. The van der Waals surface area contributed by atoms with Crippen LogP contribution >= 0.6 is 7.80 Å². The van der Waals surface area contributed by atoms with Gasteiger partial charge in [0.1, 0.15) is 0 Å². The van der Waals surface area contributed by atoms with Crippen LogP contribution in [0.2, 0.25) is 0 Å². The number of fused-ring (bicyclic) bond motifs is 3. The van der Waals surface area contributed by atoms with Crippen molar-refractivity contribution in [1.82, 2.24) is 0 Å². The number of esters is 2. The molecule has 0 spiro atoms. The molecule has 2 aromatic carbocycles. The highest BCUT2D eigenvalue weighted by atomic mass is 31.1. The number of carbonyl (C=O) groups is 3. The van der Waals surface area contributed by atoms with E-state index in [1.165, 1.54) is 14.2 Å². The number of hydrogen-bond acceptors (Lipinski definition) is 6. The standard InChI is InChI=1S/C13H8O2P.C7H10O4/c14-13-11-7-2-1-5-9(11)10-6-3-4-8-12(10)16(13)15;1-5(7(9)11-3)4-6(8)10-2/h1-8H;1,4H2,2-3H3/q+1;. The molecule has 1 aliphatic rings. The van der Waals surface area contributed by atoms with Crippen LogP contribution in [0, 0.1) is 0 Å². The highest BCUT2D eigenvalue weighted by molar-refractivity contribution is 7.72. The van der Waals surface area contributed by atoms with Crippen molar-refractivity contribution < 1.29 is 28.4 Å². The molecule has 0 radical (unpaired) electrons. The lowest BCUT2D eigenvalue weighted by Crippen LogP contribution is -2.14. The van der Waals surface area contributed by atoms with Crippen molar-refractivity contribution in [1.29, 1.82) is 0 Å². The third-order valence-corrected chi connectivity index (χ3v) is 5.25. The Balaban J connectivity index is 0.000000211.